The third-order valence-electron chi connectivity index (χ3n) is 5.01. The van der Waals surface area contributed by atoms with Gasteiger partial charge in [-0.05, 0) is 12.8 Å². The average molecular weight is 319 g/mol. The zero-order valence-corrected chi connectivity index (χ0v) is 13.9. The van der Waals surface area contributed by atoms with Gasteiger partial charge < -0.3 is 19.7 Å². The first-order valence-corrected chi connectivity index (χ1v) is 8.31. The van der Waals surface area contributed by atoms with E-state index in [0.717, 1.165) is 32.5 Å². The highest BCUT2D eigenvalue weighted by molar-refractivity contribution is 5.87. The molecule has 0 saturated carbocycles. The van der Waals surface area contributed by atoms with Crippen LogP contribution in [0.1, 0.15) is 31.4 Å². The minimum absolute atomic E-state index is 0.0189. The molecule has 0 radical (unpaired) electrons. The molecule has 2 aliphatic rings. The summed E-state index contributed by atoms with van der Waals surface area (Å²) < 4.78 is 2.06. The largest absolute Gasteiger partial charge is 0.341 e. The number of aromatic nitrogens is 2. The summed E-state index contributed by atoms with van der Waals surface area (Å²) in [6.45, 7) is 4.96. The number of hydrogen-bond donors (Lipinski definition) is 1. The van der Waals surface area contributed by atoms with Gasteiger partial charge in [-0.15, -0.1) is 0 Å². The maximum Gasteiger partial charge on any atom is 0.246 e. The topological polar surface area (TPSA) is 70.5 Å². The van der Waals surface area contributed by atoms with Crippen LogP contribution in [0, 0.1) is 0 Å². The molecule has 2 saturated heterocycles. The van der Waals surface area contributed by atoms with E-state index in [1.165, 1.54) is 5.69 Å². The average Bonchev–Trinajstić information content (AvgIpc) is 3.00. The highest BCUT2D eigenvalue weighted by Gasteiger charge is 2.35. The van der Waals surface area contributed by atoms with Gasteiger partial charge in [0.05, 0.1) is 6.33 Å². The summed E-state index contributed by atoms with van der Waals surface area (Å²) in [4.78, 5) is 32.4. The minimum Gasteiger partial charge on any atom is -0.341 e. The SMILES string of the molecule is CC(=O)N1CCNCC1C(=O)N1CCC(c2cncn2C)CC1. The lowest BCUT2D eigenvalue weighted by Gasteiger charge is -2.39. The highest BCUT2D eigenvalue weighted by atomic mass is 16.2. The van der Waals surface area contributed by atoms with Crippen LogP contribution in [-0.2, 0) is 16.6 Å². The van der Waals surface area contributed by atoms with Crippen LogP contribution >= 0.6 is 0 Å². The number of imidazole rings is 1. The summed E-state index contributed by atoms with van der Waals surface area (Å²) in [6.07, 6.45) is 5.65. The van der Waals surface area contributed by atoms with E-state index in [2.05, 4.69) is 14.9 Å². The molecule has 0 spiro atoms. The van der Waals surface area contributed by atoms with Crippen molar-refractivity contribution >= 4 is 11.8 Å². The van der Waals surface area contributed by atoms with Crippen LogP contribution in [0.25, 0.3) is 0 Å². The Morgan fingerprint density at radius 2 is 2.00 bits per heavy atom. The Bertz CT molecular complexity index is 577. The Balaban J connectivity index is 1.61. The first-order valence-electron chi connectivity index (χ1n) is 8.31. The summed E-state index contributed by atoms with van der Waals surface area (Å²) in [7, 11) is 2.01. The number of likely N-dealkylation sites (tertiary alicyclic amines) is 1. The second kappa shape index (κ2) is 6.70. The van der Waals surface area contributed by atoms with Crippen molar-refractivity contribution in [3.63, 3.8) is 0 Å². The van der Waals surface area contributed by atoms with Crippen molar-refractivity contribution in [2.45, 2.75) is 31.7 Å². The molecule has 0 aliphatic carbocycles. The number of aryl methyl sites for hydroxylation is 1. The van der Waals surface area contributed by atoms with Crippen LogP contribution in [-0.4, -0.2) is 69.9 Å². The van der Waals surface area contributed by atoms with Gasteiger partial charge in [-0.1, -0.05) is 0 Å². The quantitative estimate of drug-likeness (QED) is 0.829. The summed E-state index contributed by atoms with van der Waals surface area (Å²) in [5.74, 6) is 0.519. The van der Waals surface area contributed by atoms with Crippen LogP contribution in [0.3, 0.4) is 0 Å². The fraction of sp³-hybridized carbons (Fsp3) is 0.688. The van der Waals surface area contributed by atoms with Crippen LogP contribution in [0.4, 0.5) is 0 Å². The lowest BCUT2D eigenvalue weighted by Crippen LogP contribution is -2.60. The number of nitrogens with zero attached hydrogens (tertiary/aromatic N) is 4. The number of piperazine rings is 1. The molecule has 1 atom stereocenters. The third kappa shape index (κ3) is 3.24. The fourth-order valence-corrected chi connectivity index (χ4v) is 3.67. The third-order valence-corrected chi connectivity index (χ3v) is 5.01. The molecular weight excluding hydrogens is 294 g/mol. The summed E-state index contributed by atoms with van der Waals surface area (Å²) in [5.41, 5.74) is 1.24. The van der Waals surface area contributed by atoms with Gasteiger partial charge in [0.1, 0.15) is 6.04 Å². The van der Waals surface area contributed by atoms with E-state index in [9.17, 15) is 9.59 Å². The van der Waals surface area contributed by atoms with E-state index in [1.807, 2.05) is 24.5 Å². The molecule has 2 aliphatic heterocycles. The zero-order valence-electron chi connectivity index (χ0n) is 13.9. The van der Waals surface area contributed by atoms with Gasteiger partial charge in [0.25, 0.3) is 0 Å². The number of rotatable bonds is 2. The molecule has 3 heterocycles. The standard InChI is InChI=1S/C16H25N5O2/c1-12(22)21-8-5-17-10-15(21)16(23)20-6-3-13(4-7-20)14-9-18-11-19(14)2/h9,11,13,15,17H,3-8,10H2,1-2H3. The molecule has 23 heavy (non-hydrogen) atoms. The van der Waals surface area contributed by atoms with Crippen molar-refractivity contribution in [2.24, 2.45) is 7.05 Å². The molecule has 0 aromatic carbocycles. The second-order valence-electron chi connectivity index (χ2n) is 6.46. The minimum atomic E-state index is -0.352. The van der Waals surface area contributed by atoms with Crippen molar-refractivity contribution in [2.75, 3.05) is 32.7 Å². The maximum absolute atomic E-state index is 12.8. The Kier molecular flexibility index (Phi) is 4.66. The maximum atomic E-state index is 12.8. The predicted molar refractivity (Wildman–Crippen MR) is 85.8 cm³/mol. The first kappa shape index (κ1) is 16.0. The lowest BCUT2D eigenvalue weighted by atomic mass is 9.93. The molecule has 2 amide bonds. The Morgan fingerprint density at radius 3 is 2.61 bits per heavy atom. The van der Waals surface area contributed by atoms with E-state index in [0.29, 0.717) is 19.0 Å². The summed E-state index contributed by atoms with van der Waals surface area (Å²) >= 11 is 0. The van der Waals surface area contributed by atoms with Crippen molar-refractivity contribution in [1.82, 2.24) is 24.7 Å². The van der Waals surface area contributed by atoms with Crippen molar-refractivity contribution in [1.29, 1.82) is 0 Å². The molecule has 126 valence electrons. The lowest BCUT2D eigenvalue weighted by molar-refractivity contribution is -0.146. The summed E-state index contributed by atoms with van der Waals surface area (Å²) in [6, 6.07) is -0.352. The monoisotopic (exact) mass is 319 g/mol. The molecule has 1 aromatic heterocycles. The molecule has 7 heteroatoms. The fourth-order valence-electron chi connectivity index (χ4n) is 3.67. The highest BCUT2D eigenvalue weighted by Crippen LogP contribution is 2.28. The molecule has 3 rings (SSSR count). The van der Waals surface area contributed by atoms with E-state index in [1.54, 1.807) is 11.8 Å². The predicted octanol–water partition coefficient (Wildman–Crippen LogP) is -0.0536. The van der Waals surface area contributed by atoms with E-state index < -0.39 is 0 Å². The Morgan fingerprint density at radius 1 is 1.26 bits per heavy atom. The van der Waals surface area contributed by atoms with Gasteiger partial charge in [-0.2, -0.15) is 0 Å². The van der Waals surface area contributed by atoms with Gasteiger partial charge in [-0.3, -0.25) is 9.59 Å². The van der Waals surface area contributed by atoms with Gasteiger partial charge in [0.2, 0.25) is 11.8 Å². The number of nitrogens with one attached hydrogen (secondary N) is 1. The number of carbonyl (C=O) groups excluding carboxylic acids is 2. The molecular formula is C16H25N5O2. The van der Waals surface area contributed by atoms with Crippen molar-refractivity contribution in [3.05, 3.63) is 18.2 Å². The Labute approximate surface area is 136 Å². The van der Waals surface area contributed by atoms with Crippen LogP contribution < -0.4 is 5.32 Å². The number of piperidine rings is 1. The van der Waals surface area contributed by atoms with Crippen LogP contribution in [0.15, 0.2) is 12.5 Å². The van der Waals surface area contributed by atoms with Crippen LogP contribution in [0.2, 0.25) is 0 Å². The van der Waals surface area contributed by atoms with Gasteiger partial charge in [-0.25, -0.2) is 4.98 Å². The second-order valence-corrected chi connectivity index (χ2v) is 6.46. The number of carbonyl (C=O) groups is 2. The van der Waals surface area contributed by atoms with Gasteiger partial charge >= 0.3 is 0 Å². The molecule has 7 nitrogen and oxygen atoms in total. The smallest absolute Gasteiger partial charge is 0.246 e. The summed E-state index contributed by atoms with van der Waals surface area (Å²) in [5, 5.41) is 3.23. The zero-order chi connectivity index (χ0) is 16.4. The van der Waals surface area contributed by atoms with Crippen molar-refractivity contribution in [3.8, 4) is 0 Å². The van der Waals surface area contributed by atoms with E-state index in [-0.39, 0.29) is 17.9 Å². The normalized spacial score (nSPS) is 23.1. The molecule has 1 aromatic rings. The number of amides is 2. The molecule has 0 bridgehead atoms. The van der Waals surface area contributed by atoms with Gasteiger partial charge in [0.15, 0.2) is 0 Å². The van der Waals surface area contributed by atoms with Crippen molar-refractivity contribution < 1.29 is 9.59 Å². The van der Waals surface area contributed by atoms with Gasteiger partial charge in [0, 0.05) is 64.5 Å². The first-order chi connectivity index (χ1) is 11.1. The van der Waals surface area contributed by atoms with Crippen LogP contribution in [0.5, 0.6) is 0 Å². The molecule has 2 fully saturated rings. The van der Waals surface area contributed by atoms with E-state index >= 15 is 0 Å². The molecule has 1 N–H and O–H groups in total. The molecule has 1 unspecified atom stereocenters. The number of hydrogen-bond acceptors (Lipinski definition) is 4. The Hall–Kier alpha value is -1.89. The van der Waals surface area contributed by atoms with E-state index in [4.69, 9.17) is 0 Å².